The smallest absolute Gasteiger partial charge is 0.275 e. The number of carbonyl (C=O) groups is 1. The van der Waals surface area contributed by atoms with Gasteiger partial charge in [-0.1, -0.05) is 18.2 Å². The Morgan fingerprint density at radius 3 is 2.37 bits per heavy atom. The van der Waals surface area contributed by atoms with Gasteiger partial charge in [-0.3, -0.25) is 4.79 Å². The summed E-state index contributed by atoms with van der Waals surface area (Å²) in [6, 6.07) is 16.6. The number of benzene rings is 2. The number of carbonyl (C=O) groups excluding carboxylic acids is 1. The van der Waals surface area contributed by atoms with Crippen LogP contribution in [0.25, 0.3) is 0 Å². The molecule has 1 aromatic heterocycles. The fourth-order valence-corrected chi connectivity index (χ4v) is 2.24. The zero-order valence-corrected chi connectivity index (χ0v) is 14.9. The summed E-state index contributed by atoms with van der Waals surface area (Å²) in [4.78, 5) is 20.6. The Morgan fingerprint density at radius 2 is 1.70 bits per heavy atom. The van der Waals surface area contributed by atoms with Gasteiger partial charge in [0.1, 0.15) is 23.0 Å². The number of nitrogens with zero attached hydrogens (tertiary/aromatic N) is 2. The highest BCUT2D eigenvalue weighted by Gasteiger charge is 2.09. The molecular formula is C20H20N4O3. The molecule has 2 N–H and O–H groups in total. The predicted octanol–water partition coefficient (Wildman–Crippen LogP) is 3.58. The van der Waals surface area contributed by atoms with Gasteiger partial charge in [0.25, 0.3) is 5.91 Å². The van der Waals surface area contributed by atoms with E-state index in [1.54, 1.807) is 31.4 Å². The zero-order valence-electron chi connectivity index (χ0n) is 14.9. The highest BCUT2D eigenvalue weighted by molar-refractivity contribution is 6.02. The van der Waals surface area contributed by atoms with E-state index >= 15 is 0 Å². The maximum absolute atomic E-state index is 12.3. The molecule has 1 heterocycles. The second-order valence-electron chi connectivity index (χ2n) is 5.60. The van der Waals surface area contributed by atoms with Gasteiger partial charge in [-0.15, -0.1) is 0 Å². The molecule has 2 aromatic carbocycles. The van der Waals surface area contributed by atoms with Crippen molar-refractivity contribution in [2.24, 2.45) is 0 Å². The first-order chi connectivity index (χ1) is 13.2. The molecule has 0 atom stereocenters. The van der Waals surface area contributed by atoms with Crippen LogP contribution in [0.3, 0.4) is 0 Å². The molecule has 0 aliphatic rings. The van der Waals surface area contributed by atoms with Gasteiger partial charge in [0, 0.05) is 19.3 Å². The topological polar surface area (TPSA) is 85.4 Å². The van der Waals surface area contributed by atoms with Gasteiger partial charge in [-0.25, -0.2) is 9.97 Å². The monoisotopic (exact) mass is 364 g/mol. The third-order valence-corrected chi connectivity index (χ3v) is 3.59. The van der Waals surface area contributed by atoms with Crippen LogP contribution in [0.5, 0.6) is 11.5 Å². The van der Waals surface area contributed by atoms with E-state index in [2.05, 4.69) is 20.6 Å². The van der Waals surface area contributed by atoms with Crippen LogP contribution >= 0.6 is 0 Å². The Balaban J connectivity index is 1.55. The van der Waals surface area contributed by atoms with Gasteiger partial charge in [0.05, 0.1) is 19.0 Å². The van der Waals surface area contributed by atoms with Gasteiger partial charge in [-0.2, -0.15) is 0 Å². The molecule has 3 rings (SSSR count). The van der Waals surface area contributed by atoms with Gasteiger partial charge in [0.15, 0.2) is 0 Å². The summed E-state index contributed by atoms with van der Waals surface area (Å²) < 4.78 is 10.7. The van der Waals surface area contributed by atoms with E-state index in [-0.39, 0.29) is 11.6 Å². The summed E-state index contributed by atoms with van der Waals surface area (Å²) in [5.41, 5.74) is 0.876. The molecule has 0 aliphatic heterocycles. The van der Waals surface area contributed by atoms with Crippen molar-refractivity contribution in [2.75, 3.05) is 30.9 Å². The van der Waals surface area contributed by atoms with Gasteiger partial charge < -0.3 is 20.1 Å². The largest absolute Gasteiger partial charge is 0.457 e. The van der Waals surface area contributed by atoms with E-state index < -0.39 is 0 Å². The van der Waals surface area contributed by atoms with Crippen LogP contribution in [0.4, 0.5) is 11.5 Å². The molecule has 0 bridgehead atoms. The molecule has 7 heteroatoms. The van der Waals surface area contributed by atoms with Gasteiger partial charge in [0.2, 0.25) is 0 Å². The second-order valence-corrected chi connectivity index (χ2v) is 5.60. The van der Waals surface area contributed by atoms with E-state index in [1.165, 1.54) is 12.4 Å². The summed E-state index contributed by atoms with van der Waals surface area (Å²) in [7, 11) is 1.63. The van der Waals surface area contributed by atoms with Crippen molar-refractivity contribution in [1.82, 2.24) is 9.97 Å². The van der Waals surface area contributed by atoms with Crippen LogP contribution in [-0.4, -0.2) is 36.1 Å². The fourth-order valence-electron chi connectivity index (χ4n) is 2.24. The van der Waals surface area contributed by atoms with Crippen LogP contribution in [-0.2, 0) is 4.74 Å². The molecule has 138 valence electrons. The number of amides is 1. The molecule has 27 heavy (non-hydrogen) atoms. The third kappa shape index (κ3) is 5.52. The van der Waals surface area contributed by atoms with Crippen molar-refractivity contribution in [3.63, 3.8) is 0 Å². The zero-order chi connectivity index (χ0) is 18.9. The Hall–Kier alpha value is -3.45. The van der Waals surface area contributed by atoms with Crippen molar-refractivity contribution >= 4 is 17.4 Å². The minimum atomic E-state index is -0.331. The molecule has 7 nitrogen and oxygen atoms in total. The van der Waals surface area contributed by atoms with E-state index in [1.807, 2.05) is 30.3 Å². The Kier molecular flexibility index (Phi) is 6.32. The van der Waals surface area contributed by atoms with Crippen molar-refractivity contribution in [3.05, 3.63) is 72.7 Å². The van der Waals surface area contributed by atoms with E-state index in [0.717, 1.165) is 5.75 Å². The van der Waals surface area contributed by atoms with Crippen LogP contribution in [0.2, 0.25) is 0 Å². The first-order valence-corrected chi connectivity index (χ1v) is 8.44. The standard InChI is InChI=1S/C20H20N4O3/c1-26-12-11-21-19-14-22-18(13-23-19)20(25)24-15-7-9-17(10-8-15)27-16-5-3-2-4-6-16/h2-10,13-14H,11-12H2,1H3,(H,21,23)(H,24,25). The maximum atomic E-state index is 12.3. The number of ether oxygens (including phenoxy) is 2. The first-order valence-electron chi connectivity index (χ1n) is 8.44. The summed E-state index contributed by atoms with van der Waals surface area (Å²) in [6.07, 6.45) is 2.94. The number of hydrogen-bond acceptors (Lipinski definition) is 6. The predicted molar refractivity (Wildman–Crippen MR) is 103 cm³/mol. The molecule has 0 spiro atoms. The molecule has 0 saturated carbocycles. The average molecular weight is 364 g/mol. The molecule has 3 aromatic rings. The fraction of sp³-hybridized carbons (Fsp3) is 0.150. The lowest BCUT2D eigenvalue weighted by atomic mass is 10.3. The number of nitrogens with one attached hydrogen (secondary N) is 2. The van der Waals surface area contributed by atoms with Crippen LogP contribution in [0.1, 0.15) is 10.5 Å². The Morgan fingerprint density at radius 1 is 0.963 bits per heavy atom. The van der Waals surface area contributed by atoms with E-state index in [9.17, 15) is 4.79 Å². The number of rotatable bonds is 8. The lowest BCUT2D eigenvalue weighted by molar-refractivity contribution is 0.102. The van der Waals surface area contributed by atoms with Crippen molar-refractivity contribution < 1.29 is 14.3 Å². The highest BCUT2D eigenvalue weighted by Crippen LogP contribution is 2.22. The normalized spacial score (nSPS) is 10.3. The van der Waals surface area contributed by atoms with Crippen LogP contribution in [0, 0.1) is 0 Å². The van der Waals surface area contributed by atoms with Crippen molar-refractivity contribution in [3.8, 4) is 11.5 Å². The Bertz CT molecular complexity index is 853. The van der Waals surface area contributed by atoms with E-state index in [0.29, 0.717) is 30.4 Å². The third-order valence-electron chi connectivity index (χ3n) is 3.59. The van der Waals surface area contributed by atoms with Crippen LogP contribution < -0.4 is 15.4 Å². The molecule has 0 saturated heterocycles. The number of hydrogen-bond donors (Lipinski definition) is 2. The second kappa shape index (κ2) is 9.30. The molecular weight excluding hydrogens is 344 g/mol. The summed E-state index contributed by atoms with van der Waals surface area (Å²) in [5.74, 6) is 1.70. The van der Waals surface area contributed by atoms with Crippen LogP contribution in [0.15, 0.2) is 67.0 Å². The molecule has 1 amide bonds. The average Bonchev–Trinajstić information content (AvgIpc) is 2.71. The molecule has 0 radical (unpaired) electrons. The lowest BCUT2D eigenvalue weighted by Crippen LogP contribution is -2.15. The van der Waals surface area contributed by atoms with Crippen molar-refractivity contribution in [1.29, 1.82) is 0 Å². The molecule has 0 unspecified atom stereocenters. The molecule has 0 fully saturated rings. The Labute approximate surface area is 157 Å². The molecule has 0 aliphatic carbocycles. The maximum Gasteiger partial charge on any atom is 0.275 e. The van der Waals surface area contributed by atoms with Gasteiger partial charge >= 0.3 is 0 Å². The number of methoxy groups -OCH3 is 1. The highest BCUT2D eigenvalue weighted by atomic mass is 16.5. The first kappa shape index (κ1) is 18.3. The summed E-state index contributed by atoms with van der Waals surface area (Å²) in [6.45, 7) is 1.18. The number of para-hydroxylation sites is 1. The summed E-state index contributed by atoms with van der Waals surface area (Å²) >= 11 is 0. The van der Waals surface area contributed by atoms with Gasteiger partial charge in [-0.05, 0) is 36.4 Å². The number of aromatic nitrogens is 2. The summed E-state index contributed by atoms with van der Waals surface area (Å²) in [5, 5.41) is 5.83. The number of anilines is 2. The SMILES string of the molecule is COCCNc1cnc(C(=O)Nc2ccc(Oc3ccccc3)cc2)cn1. The van der Waals surface area contributed by atoms with Crippen molar-refractivity contribution in [2.45, 2.75) is 0 Å². The minimum absolute atomic E-state index is 0.233. The minimum Gasteiger partial charge on any atom is -0.457 e. The quantitative estimate of drug-likeness (QED) is 0.594. The van der Waals surface area contributed by atoms with E-state index in [4.69, 9.17) is 9.47 Å². The lowest BCUT2D eigenvalue weighted by Gasteiger charge is -2.08.